The Labute approximate surface area is 176 Å². The van der Waals surface area contributed by atoms with Gasteiger partial charge >= 0.3 is 6.03 Å². The fourth-order valence-corrected chi connectivity index (χ4v) is 4.74. The molecule has 1 aromatic carbocycles. The van der Waals surface area contributed by atoms with Crippen molar-refractivity contribution in [2.75, 3.05) is 19.9 Å². The zero-order valence-electron chi connectivity index (χ0n) is 17.2. The number of piperidine rings is 1. The number of nitrogens with zero attached hydrogens (tertiary/aromatic N) is 3. The quantitative estimate of drug-likeness (QED) is 0.801. The second-order valence-corrected chi connectivity index (χ2v) is 8.55. The van der Waals surface area contributed by atoms with Gasteiger partial charge in [-0.2, -0.15) is 5.10 Å². The molecular formula is C22H29N5O3. The second-order valence-electron chi connectivity index (χ2n) is 8.55. The van der Waals surface area contributed by atoms with Gasteiger partial charge in [-0.3, -0.25) is 5.10 Å². The smallest absolute Gasteiger partial charge is 0.317 e. The van der Waals surface area contributed by atoms with Crippen LogP contribution in [-0.4, -0.2) is 46.0 Å². The molecule has 5 rings (SSSR count). The van der Waals surface area contributed by atoms with Crippen molar-refractivity contribution >= 4 is 6.03 Å². The fraction of sp³-hybridized carbons (Fsp3) is 0.591. The zero-order valence-corrected chi connectivity index (χ0v) is 17.2. The molecule has 30 heavy (non-hydrogen) atoms. The summed E-state index contributed by atoms with van der Waals surface area (Å²) in [6.07, 6.45) is 8.28. The molecule has 2 N–H and O–H groups in total. The monoisotopic (exact) mass is 411 g/mol. The van der Waals surface area contributed by atoms with Gasteiger partial charge in [0.1, 0.15) is 5.82 Å². The number of aromatic nitrogens is 3. The number of ether oxygens (including phenoxy) is 2. The third kappa shape index (κ3) is 4.08. The van der Waals surface area contributed by atoms with Crippen molar-refractivity contribution in [3.63, 3.8) is 0 Å². The molecular weight excluding hydrogens is 382 g/mol. The molecule has 0 unspecified atom stereocenters. The topological polar surface area (TPSA) is 92.4 Å². The zero-order chi connectivity index (χ0) is 20.3. The van der Waals surface area contributed by atoms with E-state index in [2.05, 4.69) is 15.5 Å². The summed E-state index contributed by atoms with van der Waals surface area (Å²) in [6.45, 7) is 2.14. The predicted octanol–water partition coefficient (Wildman–Crippen LogP) is 3.67. The van der Waals surface area contributed by atoms with Gasteiger partial charge in [0.2, 0.25) is 6.79 Å². The Morgan fingerprint density at radius 1 is 1.10 bits per heavy atom. The number of fused-ring (bicyclic) bond motifs is 1. The summed E-state index contributed by atoms with van der Waals surface area (Å²) in [4.78, 5) is 19.5. The lowest BCUT2D eigenvalue weighted by Gasteiger charge is -2.31. The van der Waals surface area contributed by atoms with Crippen molar-refractivity contribution in [3.05, 3.63) is 35.4 Å². The number of likely N-dealkylation sites (tertiary alicyclic amines) is 1. The fourth-order valence-electron chi connectivity index (χ4n) is 4.74. The molecule has 1 saturated carbocycles. The summed E-state index contributed by atoms with van der Waals surface area (Å²) in [6, 6.07) is 5.71. The number of carbonyl (C=O) groups excluding carboxylic acids is 1. The maximum Gasteiger partial charge on any atom is 0.317 e. The van der Waals surface area contributed by atoms with Crippen LogP contribution in [0.4, 0.5) is 4.79 Å². The van der Waals surface area contributed by atoms with E-state index in [1.54, 1.807) is 0 Å². The number of carbonyl (C=O) groups is 1. The Hall–Kier alpha value is -2.77. The Morgan fingerprint density at radius 3 is 2.83 bits per heavy atom. The molecule has 1 atom stereocenters. The lowest BCUT2D eigenvalue weighted by molar-refractivity contribution is 0.173. The summed E-state index contributed by atoms with van der Waals surface area (Å²) in [7, 11) is 0. The van der Waals surface area contributed by atoms with E-state index in [0.717, 1.165) is 48.1 Å². The average Bonchev–Trinajstić information content (AvgIpc) is 3.47. The number of hydrogen-bond acceptors (Lipinski definition) is 5. The van der Waals surface area contributed by atoms with E-state index < -0.39 is 0 Å². The van der Waals surface area contributed by atoms with Crippen LogP contribution in [0, 0.1) is 0 Å². The van der Waals surface area contributed by atoms with Crippen LogP contribution in [0.1, 0.15) is 74.0 Å². The molecule has 0 spiro atoms. The molecule has 1 aromatic heterocycles. The van der Waals surface area contributed by atoms with Crippen LogP contribution in [0.3, 0.4) is 0 Å². The molecule has 3 aliphatic rings. The van der Waals surface area contributed by atoms with Crippen molar-refractivity contribution in [1.82, 2.24) is 25.4 Å². The number of amides is 2. The van der Waals surface area contributed by atoms with Crippen LogP contribution in [0.5, 0.6) is 11.5 Å². The van der Waals surface area contributed by atoms with Crippen LogP contribution in [0.2, 0.25) is 0 Å². The van der Waals surface area contributed by atoms with Gasteiger partial charge in [-0.05, 0) is 43.4 Å². The van der Waals surface area contributed by atoms with Gasteiger partial charge in [0.05, 0.1) is 0 Å². The number of H-pyrrole nitrogens is 1. The summed E-state index contributed by atoms with van der Waals surface area (Å²) in [5.41, 5.74) is 0.993. The Morgan fingerprint density at radius 2 is 1.93 bits per heavy atom. The highest BCUT2D eigenvalue weighted by Crippen LogP contribution is 2.33. The minimum atomic E-state index is -0.0413. The van der Waals surface area contributed by atoms with Crippen LogP contribution in [-0.2, 0) is 6.54 Å². The standard InChI is InChI=1S/C22H29N5O3/c28-22(23-12-15-8-9-18-19(11-15)30-14-29-18)27-10-4-7-17(13-27)21-24-20(25-26-21)16-5-2-1-3-6-16/h8-9,11,16-17H,1-7,10,12-14H2,(H,23,28)(H,24,25,26)/t17-/m1/s1. The average molecular weight is 412 g/mol. The summed E-state index contributed by atoms with van der Waals surface area (Å²) < 4.78 is 10.7. The van der Waals surface area contributed by atoms with Gasteiger partial charge in [0.25, 0.3) is 0 Å². The first-order chi connectivity index (χ1) is 14.8. The van der Waals surface area contributed by atoms with Crippen molar-refractivity contribution < 1.29 is 14.3 Å². The lowest BCUT2D eigenvalue weighted by Crippen LogP contribution is -2.44. The summed E-state index contributed by atoms with van der Waals surface area (Å²) in [5, 5.41) is 10.7. The number of rotatable bonds is 4. The highest BCUT2D eigenvalue weighted by Gasteiger charge is 2.28. The second kappa shape index (κ2) is 8.53. The molecule has 0 bridgehead atoms. The maximum atomic E-state index is 12.7. The van der Waals surface area contributed by atoms with Crippen LogP contribution < -0.4 is 14.8 Å². The van der Waals surface area contributed by atoms with Crippen LogP contribution in [0.15, 0.2) is 18.2 Å². The minimum absolute atomic E-state index is 0.0413. The molecule has 2 amide bonds. The molecule has 8 nitrogen and oxygen atoms in total. The number of urea groups is 1. The van der Waals surface area contributed by atoms with Crippen molar-refractivity contribution in [2.24, 2.45) is 0 Å². The third-order valence-electron chi connectivity index (χ3n) is 6.47. The first kappa shape index (κ1) is 19.2. The predicted molar refractivity (Wildman–Crippen MR) is 111 cm³/mol. The summed E-state index contributed by atoms with van der Waals surface area (Å²) >= 11 is 0. The van der Waals surface area contributed by atoms with Crippen molar-refractivity contribution in [1.29, 1.82) is 0 Å². The van der Waals surface area contributed by atoms with Gasteiger partial charge in [0.15, 0.2) is 17.3 Å². The van der Waals surface area contributed by atoms with E-state index in [0.29, 0.717) is 19.0 Å². The number of benzene rings is 1. The van der Waals surface area contributed by atoms with Crippen LogP contribution in [0.25, 0.3) is 0 Å². The van der Waals surface area contributed by atoms with Crippen molar-refractivity contribution in [3.8, 4) is 11.5 Å². The minimum Gasteiger partial charge on any atom is -0.454 e. The largest absolute Gasteiger partial charge is 0.454 e. The van der Waals surface area contributed by atoms with E-state index in [1.807, 2.05) is 23.1 Å². The molecule has 1 saturated heterocycles. The highest BCUT2D eigenvalue weighted by molar-refractivity contribution is 5.74. The van der Waals surface area contributed by atoms with E-state index in [4.69, 9.17) is 14.5 Å². The van der Waals surface area contributed by atoms with Gasteiger partial charge in [-0.15, -0.1) is 0 Å². The highest BCUT2D eigenvalue weighted by atomic mass is 16.7. The Balaban J connectivity index is 1.17. The third-order valence-corrected chi connectivity index (χ3v) is 6.47. The van der Waals surface area contributed by atoms with Gasteiger partial charge < -0.3 is 19.7 Å². The van der Waals surface area contributed by atoms with E-state index in [9.17, 15) is 4.79 Å². The Bertz CT molecular complexity index is 893. The molecule has 8 heteroatoms. The van der Waals surface area contributed by atoms with E-state index in [1.165, 1.54) is 32.1 Å². The molecule has 2 aliphatic heterocycles. The lowest BCUT2D eigenvalue weighted by atomic mass is 9.89. The van der Waals surface area contributed by atoms with Gasteiger partial charge in [0, 0.05) is 31.5 Å². The number of hydrogen-bond donors (Lipinski definition) is 2. The first-order valence-corrected chi connectivity index (χ1v) is 11.1. The van der Waals surface area contributed by atoms with Gasteiger partial charge in [-0.25, -0.2) is 9.78 Å². The molecule has 160 valence electrons. The molecule has 2 fully saturated rings. The number of nitrogens with one attached hydrogen (secondary N) is 2. The molecule has 1 aliphatic carbocycles. The molecule has 0 radical (unpaired) electrons. The van der Waals surface area contributed by atoms with Crippen molar-refractivity contribution in [2.45, 2.75) is 63.3 Å². The maximum absolute atomic E-state index is 12.7. The summed E-state index contributed by atoms with van der Waals surface area (Å²) in [5.74, 6) is 4.10. The molecule has 3 heterocycles. The molecule has 2 aromatic rings. The SMILES string of the molecule is O=C(NCc1ccc2c(c1)OCO2)N1CCC[C@@H](c2n[nH]c(C3CCCCC3)n2)C1. The van der Waals surface area contributed by atoms with E-state index in [-0.39, 0.29) is 18.7 Å². The van der Waals surface area contributed by atoms with Gasteiger partial charge in [-0.1, -0.05) is 25.3 Å². The van der Waals surface area contributed by atoms with E-state index >= 15 is 0 Å². The first-order valence-electron chi connectivity index (χ1n) is 11.1. The normalized spacial score (nSPS) is 21.6. The van der Waals surface area contributed by atoms with Crippen LogP contribution >= 0.6 is 0 Å². The number of aromatic amines is 1. The Kier molecular flexibility index (Phi) is 5.46.